The Hall–Kier alpha value is -2.29. The lowest BCUT2D eigenvalue weighted by Gasteiger charge is -2.19. The minimum atomic E-state index is -0.0446. The predicted octanol–water partition coefficient (Wildman–Crippen LogP) is 3.73. The first-order valence-electron chi connectivity index (χ1n) is 7.28. The van der Waals surface area contributed by atoms with E-state index in [1.807, 2.05) is 24.3 Å². The molecule has 1 atom stereocenters. The number of ether oxygens (including phenoxy) is 1. The molecule has 0 aromatic heterocycles. The Morgan fingerprint density at radius 1 is 1.19 bits per heavy atom. The molecule has 0 spiro atoms. The van der Waals surface area contributed by atoms with E-state index >= 15 is 0 Å². The van der Waals surface area contributed by atoms with Crippen LogP contribution in [0.1, 0.15) is 36.5 Å². The number of nitrogens with one attached hydrogen (secondary N) is 1. The number of hydrogen-bond donors (Lipinski definition) is 1. The molecule has 2 aromatic carbocycles. The van der Waals surface area contributed by atoms with E-state index in [1.165, 1.54) is 5.56 Å². The van der Waals surface area contributed by atoms with Gasteiger partial charge >= 0.3 is 0 Å². The smallest absolute Gasteiger partial charge is 0.221 e. The monoisotopic (exact) mass is 281 g/mol. The van der Waals surface area contributed by atoms with Gasteiger partial charge in [0.2, 0.25) is 5.91 Å². The molecule has 3 heteroatoms. The molecular formula is C18H19NO2. The highest BCUT2D eigenvalue weighted by Crippen LogP contribution is 2.39. The van der Waals surface area contributed by atoms with E-state index < -0.39 is 0 Å². The maximum absolute atomic E-state index is 11.6. The van der Waals surface area contributed by atoms with Gasteiger partial charge in [-0.25, -0.2) is 0 Å². The first-order valence-corrected chi connectivity index (χ1v) is 7.28. The molecule has 1 heterocycles. The van der Waals surface area contributed by atoms with Crippen molar-refractivity contribution < 1.29 is 9.53 Å². The van der Waals surface area contributed by atoms with Crippen molar-refractivity contribution in [3.05, 3.63) is 59.2 Å². The second kappa shape index (κ2) is 5.60. The third kappa shape index (κ3) is 2.64. The molecule has 1 amide bonds. The van der Waals surface area contributed by atoms with Gasteiger partial charge in [-0.05, 0) is 17.2 Å². The summed E-state index contributed by atoms with van der Waals surface area (Å²) in [5.74, 6) is 1.07. The predicted molar refractivity (Wildman–Crippen MR) is 83.9 cm³/mol. The van der Waals surface area contributed by atoms with E-state index in [9.17, 15) is 4.79 Å². The van der Waals surface area contributed by atoms with Crippen LogP contribution in [-0.4, -0.2) is 12.5 Å². The fourth-order valence-corrected chi connectivity index (χ4v) is 2.90. The first-order chi connectivity index (χ1) is 10.2. The Balaban J connectivity index is 2.07. The summed E-state index contributed by atoms with van der Waals surface area (Å²) in [6.45, 7) is 4.40. The average molecular weight is 281 g/mol. The standard InChI is InChI=1S/C18H19NO2/c1-12(14-6-4-3-5-7-14)15-8-9-17-16(10-11-21-17)18(15)19-13(2)20/h3-9,12H,10-11H2,1-2H3,(H,19,20). The van der Waals surface area contributed by atoms with Gasteiger partial charge in [-0.15, -0.1) is 0 Å². The molecule has 2 aromatic rings. The van der Waals surface area contributed by atoms with Crippen molar-refractivity contribution >= 4 is 11.6 Å². The molecule has 21 heavy (non-hydrogen) atoms. The van der Waals surface area contributed by atoms with Gasteiger partial charge in [0.1, 0.15) is 5.75 Å². The molecule has 3 rings (SSSR count). The molecule has 0 fully saturated rings. The van der Waals surface area contributed by atoms with Gasteiger partial charge in [0.05, 0.1) is 12.3 Å². The number of hydrogen-bond acceptors (Lipinski definition) is 2. The number of carbonyl (C=O) groups is 1. The molecule has 0 saturated carbocycles. The highest BCUT2D eigenvalue weighted by Gasteiger charge is 2.22. The van der Waals surface area contributed by atoms with E-state index in [0.29, 0.717) is 6.61 Å². The van der Waals surface area contributed by atoms with Gasteiger partial charge in [0, 0.05) is 24.8 Å². The van der Waals surface area contributed by atoms with Crippen LogP contribution in [-0.2, 0) is 11.2 Å². The third-order valence-electron chi connectivity index (χ3n) is 3.98. The summed E-state index contributed by atoms with van der Waals surface area (Å²) in [5, 5.41) is 3.01. The summed E-state index contributed by atoms with van der Waals surface area (Å²) in [4.78, 5) is 11.6. The Morgan fingerprint density at radius 2 is 1.95 bits per heavy atom. The van der Waals surface area contributed by atoms with Gasteiger partial charge in [-0.1, -0.05) is 43.3 Å². The van der Waals surface area contributed by atoms with E-state index in [4.69, 9.17) is 4.74 Å². The summed E-state index contributed by atoms with van der Waals surface area (Å²) in [7, 11) is 0. The fourth-order valence-electron chi connectivity index (χ4n) is 2.90. The van der Waals surface area contributed by atoms with Crippen molar-refractivity contribution in [2.75, 3.05) is 11.9 Å². The largest absolute Gasteiger partial charge is 0.493 e. The van der Waals surface area contributed by atoms with Gasteiger partial charge in [0.25, 0.3) is 0 Å². The van der Waals surface area contributed by atoms with Crippen LogP contribution in [0.4, 0.5) is 5.69 Å². The number of anilines is 1. The molecule has 1 unspecified atom stereocenters. The Kier molecular flexibility index (Phi) is 3.65. The molecule has 0 saturated heterocycles. The Morgan fingerprint density at radius 3 is 2.67 bits per heavy atom. The average Bonchev–Trinajstić information content (AvgIpc) is 2.96. The zero-order chi connectivity index (χ0) is 14.8. The summed E-state index contributed by atoms with van der Waals surface area (Å²) >= 11 is 0. The molecular weight excluding hydrogens is 262 g/mol. The molecule has 108 valence electrons. The van der Waals surface area contributed by atoms with Crippen LogP contribution in [0.2, 0.25) is 0 Å². The summed E-state index contributed by atoms with van der Waals surface area (Å²) < 4.78 is 5.61. The Bertz CT molecular complexity index is 664. The topological polar surface area (TPSA) is 38.3 Å². The molecule has 1 aliphatic heterocycles. The molecule has 0 bridgehead atoms. The molecule has 1 aliphatic rings. The van der Waals surface area contributed by atoms with Crippen LogP contribution in [0, 0.1) is 0 Å². The number of carbonyl (C=O) groups excluding carboxylic acids is 1. The summed E-state index contributed by atoms with van der Waals surface area (Å²) in [6.07, 6.45) is 0.848. The Labute approximate surface area is 124 Å². The van der Waals surface area contributed by atoms with E-state index in [-0.39, 0.29) is 11.8 Å². The van der Waals surface area contributed by atoms with Crippen LogP contribution in [0.15, 0.2) is 42.5 Å². The summed E-state index contributed by atoms with van der Waals surface area (Å²) in [5.41, 5.74) is 4.42. The van der Waals surface area contributed by atoms with E-state index in [2.05, 4.69) is 30.4 Å². The van der Waals surface area contributed by atoms with Crippen molar-refractivity contribution in [2.45, 2.75) is 26.2 Å². The number of amides is 1. The van der Waals surface area contributed by atoms with Crippen LogP contribution in [0.3, 0.4) is 0 Å². The highest BCUT2D eigenvalue weighted by atomic mass is 16.5. The lowest BCUT2D eigenvalue weighted by atomic mass is 9.89. The third-order valence-corrected chi connectivity index (χ3v) is 3.98. The van der Waals surface area contributed by atoms with Crippen molar-refractivity contribution in [1.82, 2.24) is 0 Å². The lowest BCUT2D eigenvalue weighted by Crippen LogP contribution is -2.12. The summed E-state index contributed by atoms with van der Waals surface area (Å²) in [6, 6.07) is 14.4. The fraction of sp³-hybridized carbons (Fsp3) is 0.278. The van der Waals surface area contributed by atoms with Crippen molar-refractivity contribution in [3.8, 4) is 5.75 Å². The van der Waals surface area contributed by atoms with Gasteiger partial charge in [0.15, 0.2) is 0 Å². The van der Waals surface area contributed by atoms with Gasteiger partial charge in [-0.3, -0.25) is 4.79 Å². The normalized spacial score (nSPS) is 14.2. The number of rotatable bonds is 3. The quantitative estimate of drug-likeness (QED) is 0.931. The zero-order valence-electron chi connectivity index (χ0n) is 12.3. The van der Waals surface area contributed by atoms with E-state index in [1.54, 1.807) is 6.92 Å². The number of fused-ring (bicyclic) bond motifs is 1. The first kappa shape index (κ1) is 13.7. The van der Waals surface area contributed by atoms with Crippen LogP contribution >= 0.6 is 0 Å². The molecule has 0 radical (unpaired) electrons. The van der Waals surface area contributed by atoms with Crippen LogP contribution in [0.5, 0.6) is 5.75 Å². The second-order valence-electron chi connectivity index (χ2n) is 5.42. The van der Waals surface area contributed by atoms with Crippen molar-refractivity contribution in [3.63, 3.8) is 0 Å². The second-order valence-corrected chi connectivity index (χ2v) is 5.42. The zero-order valence-corrected chi connectivity index (χ0v) is 12.3. The lowest BCUT2D eigenvalue weighted by molar-refractivity contribution is -0.114. The SMILES string of the molecule is CC(=O)Nc1c(C(C)c2ccccc2)ccc2c1CCO2. The van der Waals surface area contributed by atoms with Crippen LogP contribution in [0.25, 0.3) is 0 Å². The molecule has 1 N–H and O–H groups in total. The van der Waals surface area contributed by atoms with Gasteiger partial charge < -0.3 is 10.1 Å². The molecule has 0 aliphatic carbocycles. The molecule has 3 nitrogen and oxygen atoms in total. The van der Waals surface area contributed by atoms with E-state index in [0.717, 1.165) is 29.0 Å². The number of benzene rings is 2. The maximum Gasteiger partial charge on any atom is 0.221 e. The van der Waals surface area contributed by atoms with Crippen LogP contribution < -0.4 is 10.1 Å². The minimum absolute atomic E-state index is 0.0446. The van der Waals surface area contributed by atoms with Gasteiger partial charge in [-0.2, -0.15) is 0 Å². The van der Waals surface area contributed by atoms with Crippen molar-refractivity contribution in [1.29, 1.82) is 0 Å². The van der Waals surface area contributed by atoms with Crippen molar-refractivity contribution in [2.24, 2.45) is 0 Å². The highest BCUT2D eigenvalue weighted by molar-refractivity contribution is 5.91. The maximum atomic E-state index is 11.6. The minimum Gasteiger partial charge on any atom is -0.493 e.